The summed E-state index contributed by atoms with van der Waals surface area (Å²) < 4.78 is 39.0. The first-order chi connectivity index (χ1) is 16.1. The number of aromatic nitrogens is 1. The van der Waals surface area contributed by atoms with E-state index in [1.807, 2.05) is 6.92 Å². The fourth-order valence-electron chi connectivity index (χ4n) is 3.26. The number of esters is 1. The third kappa shape index (κ3) is 5.54. The van der Waals surface area contributed by atoms with Crippen LogP contribution in [0.4, 0.5) is 5.82 Å². The van der Waals surface area contributed by atoms with Gasteiger partial charge < -0.3 is 19.0 Å². The van der Waals surface area contributed by atoms with Crippen LogP contribution < -0.4 is 10.0 Å². The smallest absolute Gasteiger partial charge is 0.324 e. The van der Waals surface area contributed by atoms with Crippen LogP contribution in [-0.2, 0) is 30.9 Å². The van der Waals surface area contributed by atoms with E-state index in [-0.39, 0.29) is 22.8 Å². The number of carbonyl (C=O) groups excluding carboxylic acids is 2. The largest absolute Gasteiger partial charge is 0.467 e. The van der Waals surface area contributed by atoms with E-state index >= 15 is 0 Å². The highest BCUT2D eigenvalue weighted by Gasteiger charge is 2.25. The van der Waals surface area contributed by atoms with Gasteiger partial charge in [0.05, 0.1) is 23.3 Å². The number of carbonyl (C=O) groups is 2. The maximum absolute atomic E-state index is 12.5. The van der Waals surface area contributed by atoms with E-state index < -0.39 is 34.5 Å². The second-order valence-corrected chi connectivity index (χ2v) is 9.24. The second-order valence-electron chi connectivity index (χ2n) is 7.52. The Morgan fingerprint density at radius 1 is 1.18 bits per heavy atom. The molecule has 1 aromatic carbocycles. The Kier molecular flexibility index (Phi) is 7.55. The molecule has 11 heteroatoms. The first-order valence-corrected chi connectivity index (χ1v) is 11.8. The van der Waals surface area contributed by atoms with Crippen LogP contribution >= 0.6 is 0 Å². The summed E-state index contributed by atoms with van der Waals surface area (Å²) in [6, 6.07) is 11.9. The standard InChI is InChI=1S/C23H24N4O6S/c1-15-17(3)27(13-18-8-7-11-32-18)22(20(15)12-24)25-21(28)14-33-23(29)16(2)26-34(30,31)19-9-5-4-6-10-19/h4-11,16,26H,13-14H2,1-3H3,(H,25,28)/t16-/m0/s1. The lowest BCUT2D eigenvalue weighted by molar-refractivity contribution is -0.148. The highest BCUT2D eigenvalue weighted by Crippen LogP contribution is 2.27. The van der Waals surface area contributed by atoms with Gasteiger partial charge in [-0.3, -0.25) is 9.59 Å². The average molecular weight is 485 g/mol. The highest BCUT2D eigenvalue weighted by atomic mass is 32.2. The van der Waals surface area contributed by atoms with E-state index in [0.717, 1.165) is 5.69 Å². The van der Waals surface area contributed by atoms with Gasteiger partial charge in [-0.1, -0.05) is 18.2 Å². The molecule has 178 valence electrons. The summed E-state index contributed by atoms with van der Waals surface area (Å²) in [4.78, 5) is 24.8. The lowest BCUT2D eigenvalue weighted by Crippen LogP contribution is -2.40. The normalized spacial score (nSPS) is 12.1. The van der Waals surface area contributed by atoms with Crippen molar-refractivity contribution in [3.8, 4) is 6.07 Å². The van der Waals surface area contributed by atoms with Gasteiger partial charge in [0.25, 0.3) is 5.91 Å². The summed E-state index contributed by atoms with van der Waals surface area (Å²) in [7, 11) is -3.93. The summed E-state index contributed by atoms with van der Waals surface area (Å²) in [5.41, 5.74) is 1.75. The summed E-state index contributed by atoms with van der Waals surface area (Å²) >= 11 is 0. The zero-order valence-corrected chi connectivity index (χ0v) is 19.7. The Balaban J connectivity index is 1.65. The van der Waals surface area contributed by atoms with Gasteiger partial charge in [-0.05, 0) is 50.6 Å². The Hall–Kier alpha value is -3.88. The molecule has 3 aromatic rings. The zero-order chi connectivity index (χ0) is 24.9. The monoisotopic (exact) mass is 484 g/mol. The number of benzene rings is 1. The summed E-state index contributed by atoms with van der Waals surface area (Å²) in [5.74, 6) is -0.716. The van der Waals surface area contributed by atoms with Crippen LogP contribution in [0.3, 0.4) is 0 Å². The zero-order valence-electron chi connectivity index (χ0n) is 18.9. The van der Waals surface area contributed by atoms with E-state index in [0.29, 0.717) is 11.3 Å². The van der Waals surface area contributed by atoms with Crippen molar-refractivity contribution >= 4 is 27.7 Å². The van der Waals surface area contributed by atoms with E-state index in [2.05, 4.69) is 16.1 Å². The number of sulfonamides is 1. The Morgan fingerprint density at radius 2 is 1.88 bits per heavy atom. The lowest BCUT2D eigenvalue weighted by atomic mass is 10.2. The number of hydrogen-bond acceptors (Lipinski definition) is 7. The van der Waals surface area contributed by atoms with E-state index in [9.17, 15) is 23.3 Å². The maximum atomic E-state index is 12.5. The first-order valence-electron chi connectivity index (χ1n) is 10.3. The van der Waals surface area contributed by atoms with Crippen molar-refractivity contribution in [3.63, 3.8) is 0 Å². The molecule has 2 aromatic heterocycles. The molecule has 34 heavy (non-hydrogen) atoms. The number of furan rings is 1. The maximum Gasteiger partial charge on any atom is 0.324 e. The molecule has 0 saturated carbocycles. The Bertz CT molecular complexity index is 1320. The van der Waals surface area contributed by atoms with Crippen LogP contribution in [0.25, 0.3) is 0 Å². The van der Waals surface area contributed by atoms with E-state index in [1.165, 1.54) is 25.3 Å². The van der Waals surface area contributed by atoms with Gasteiger partial charge in [-0.25, -0.2) is 8.42 Å². The topological polar surface area (TPSA) is 143 Å². The minimum absolute atomic E-state index is 0.000477. The Morgan fingerprint density at radius 3 is 2.50 bits per heavy atom. The van der Waals surface area contributed by atoms with Crippen molar-refractivity contribution in [1.82, 2.24) is 9.29 Å². The molecule has 10 nitrogen and oxygen atoms in total. The molecule has 2 N–H and O–H groups in total. The highest BCUT2D eigenvalue weighted by molar-refractivity contribution is 7.89. The fourth-order valence-corrected chi connectivity index (χ4v) is 4.48. The van der Waals surface area contributed by atoms with Crippen molar-refractivity contribution in [2.75, 3.05) is 11.9 Å². The molecule has 1 atom stereocenters. The average Bonchev–Trinajstić information content (AvgIpc) is 3.40. The number of ether oxygens (including phenoxy) is 1. The molecule has 3 rings (SSSR count). The van der Waals surface area contributed by atoms with Gasteiger partial charge in [0.15, 0.2) is 6.61 Å². The van der Waals surface area contributed by atoms with Crippen molar-refractivity contribution in [3.05, 3.63) is 71.3 Å². The molecule has 0 unspecified atom stereocenters. The fraction of sp³-hybridized carbons (Fsp3) is 0.261. The van der Waals surface area contributed by atoms with Crippen LogP contribution in [0.1, 0.15) is 29.5 Å². The number of anilines is 1. The SMILES string of the molecule is Cc1c(C#N)c(NC(=O)COC(=O)[C@H](C)NS(=O)(=O)c2ccccc2)n(Cc2ccco2)c1C. The quantitative estimate of drug-likeness (QED) is 0.444. The number of nitriles is 1. The molecule has 2 heterocycles. The van der Waals surface area contributed by atoms with Crippen LogP contribution in [0, 0.1) is 25.2 Å². The van der Waals surface area contributed by atoms with Crippen molar-refractivity contribution < 1.29 is 27.2 Å². The van der Waals surface area contributed by atoms with Gasteiger partial charge in [0.1, 0.15) is 23.7 Å². The lowest BCUT2D eigenvalue weighted by Gasteiger charge is -2.15. The Labute approximate surface area is 197 Å². The number of nitrogens with one attached hydrogen (secondary N) is 2. The predicted molar refractivity (Wildman–Crippen MR) is 122 cm³/mol. The van der Waals surface area contributed by atoms with Crippen LogP contribution in [0.15, 0.2) is 58.0 Å². The van der Waals surface area contributed by atoms with Crippen LogP contribution in [0.2, 0.25) is 0 Å². The second kappa shape index (κ2) is 10.4. The van der Waals surface area contributed by atoms with Gasteiger partial charge in [0.2, 0.25) is 10.0 Å². The van der Waals surface area contributed by atoms with Crippen LogP contribution in [0.5, 0.6) is 0 Å². The van der Waals surface area contributed by atoms with Crippen molar-refractivity contribution in [2.24, 2.45) is 0 Å². The minimum Gasteiger partial charge on any atom is -0.467 e. The van der Waals surface area contributed by atoms with Gasteiger partial charge in [-0.2, -0.15) is 9.98 Å². The molecule has 0 bridgehead atoms. The summed E-state index contributed by atoms with van der Waals surface area (Å²) in [5, 5.41) is 12.2. The molecule has 0 spiro atoms. The van der Waals surface area contributed by atoms with Crippen LogP contribution in [-0.4, -0.2) is 37.5 Å². The van der Waals surface area contributed by atoms with Gasteiger partial charge in [0, 0.05) is 5.69 Å². The molecular weight excluding hydrogens is 460 g/mol. The first kappa shape index (κ1) is 24.8. The van der Waals surface area contributed by atoms with Gasteiger partial charge in [-0.15, -0.1) is 0 Å². The summed E-state index contributed by atoms with van der Waals surface area (Å²) in [6.07, 6.45) is 1.52. The molecule has 0 saturated heterocycles. The number of hydrogen-bond donors (Lipinski definition) is 2. The van der Waals surface area contributed by atoms with E-state index in [1.54, 1.807) is 41.8 Å². The minimum atomic E-state index is -3.93. The van der Waals surface area contributed by atoms with E-state index in [4.69, 9.17) is 9.15 Å². The molecule has 0 radical (unpaired) electrons. The van der Waals surface area contributed by atoms with Crippen molar-refractivity contribution in [1.29, 1.82) is 5.26 Å². The predicted octanol–water partition coefficient (Wildman–Crippen LogP) is 2.47. The molecule has 0 fully saturated rings. The molecule has 1 amide bonds. The third-order valence-electron chi connectivity index (χ3n) is 5.18. The molecular formula is C23H24N4O6S. The number of amides is 1. The molecule has 0 aliphatic rings. The number of rotatable bonds is 9. The molecule has 0 aliphatic carbocycles. The van der Waals surface area contributed by atoms with Crippen molar-refractivity contribution in [2.45, 2.75) is 38.3 Å². The third-order valence-corrected chi connectivity index (χ3v) is 6.73. The van der Waals surface area contributed by atoms with Gasteiger partial charge >= 0.3 is 5.97 Å². The summed E-state index contributed by atoms with van der Waals surface area (Å²) in [6.45, 7) is 4.52. The molecule has 0 aliphatic heterocycles. The number of nitrogens with zero attached hydrogens (tertiary/aromatic N) is 2.